The molecule has 0 spiro atoms. The maximum atomic E-state index is 10.0. The number of aliphatic hydroxyl groups excluding tert-OH is 1. The monoisotopic (exact) mass is 316 g/mol. The summed E-state index contributed by atoms with van der Waals surface area (Å²) >= 11 is 3.52. The maximum absolute atomic E-state index is 10.0. The molecule has 1 unspecified atom stereocenters. The molecule has 1 N–H and O–H groups in total. The van der Waals surface area contributed by atoms with Gasteiger partial charge in [0.25, 0.3) is 0 Å². The minimum absolute atomic E-state index is 0.345. The first-order valence-electron chi connectivity index (χ1n) is 6.29. The van der Waals surface area contributed by atoms with Gasteiger partial charge in [-0.1, -0.05) is 0 Å². The number of benzene rings is 1. The van der Waals surface area contributed by atoms with Crippen LogP contribution >= 0.6 is 15.9 Å². The lowest BCUT2D eigenvalue weighted by Crippen LogP contribution is -2.11. The highest BCUT2D eigenvalue weighted by Crippen LogP contribution is 2.33. The van der Waals surface area contributed by atoms with E-state index in [1.807, 2.05) is 30.5 Å². The van der Waals surface area contributed by atoms with Crippen LogP contribution in [0.25, 0.3) is 5.69 Å². The van der Waals surface area contributed by atoms with Gasteiger partial charge >= 0.3 is 0 Å². The van der Waals surface area contributed by atoms with Crippen LogP contribution in [0.2, 0.25) is 0 Å². The first-order valence-corrected chi connectivity index (χ1v) is 7.08. The molecule has 4 heteroatoms. The molecule has 1 aliphatic rings. The molecule has 19 heavy (non-hydrogen) atoms. The molecule has 1 aromatic carbocycles. The normalized spacial score (nSPS) is 17.8. The van der Waals surface area contributed by atoms with E-state index in [1.165, 1.54) is 5.69 Å². The molecule has 1 atom stereocenters. The second kappa shape index (κ2) is 4.84. The summed E-state index contributed by atoms with van der Waals surface area (Å²) in [5.41, 5.74) is 3.85. The van der Waals surface area contributed by atoms with Crippen LogP contribution in [0.4, 0.5) is 0 Å². The predicted octanol–water partition coefficient (Wildman–Crippen LogP) is 3.48. The van der Waals surface area contributed by atoms with Gasteiger partial charge in [0.2, 0.25) is 0 Å². The number of rotatable bonds is 1. The number of aromatic nitrogens is 1. The van der Waals surface area contributed by atoms with Crippen molar-refractivity contribution in [2.24, 2.45) is 0 Å². The van der Waals surface area contributed by atoms with E-state index in [9.17, 15) is 5.11 Å². The molecule has 0 radical (unpaired) electrons. The summed E-state index contributed by atoms with van der Waals surface area (Å²) in [6, 6.07) is 9.69. The molecule has 1 heterocycles. The van der Waals surface area contributed by atoms with Crippen molar-refractivity contribution >= 4 is 15.9 Å². The zero-order valence-electron chi connectivity index (χ0n) is 10.3. The quantitative estimate of drug-likeness (QED) is 0.875. The number of aliphatic hydroxyl groups is 1. The fraction of sp³-hybridized carbons (Fsp3) is 0.267. The Hall–Kier alpha value is -1.57. The van der Waals surface area contributed by atoms with Crippen LogP contribution < -0.4 is 0 Å². The summed E-state index contributed by atoms with van der Waals surface area (Å²) in [5, 5.41) is 18.9. The average Bonchev–Trinajstić information content (AvgIpc) is 2.84. The van der Waals surface area contributed by atoms with Gasteiger partial charge in [-0.2, -0.15) is 5.26 Å². The number of halogens is 1. The molecule has 3 rings (SSSR count). The van der Waals surface area contributed by atoms with Gasteiger partial charge in [-0.05, 0) is 59.5 Å². The van der Waals surface area contributed by atoms with Crippen molar-refractivity contribution < 1.29 is 5.11 Å². The van der Waals surface area contributed by atoms with Crippen LogP contribution in [-0.2, 0) is 6.42 Å². The van der Waals surface area contributed by atoms with Crippen molar-refractivity contribution in [2.45, 2.75) is 25.4 Å². The van der Waals surface area contributed by atoms with Crippen LogP contribution in [0.1, 0.15) is 35.8 Å². The Morgan fingerprint density at radius 2 is 2.21 bits per heavy atom. The fourth-order valence-corrected chi connectivity index (χ4v) is 3.23. The third kappa shape index (κ3) is 2.09. The lowest BCUT2D eigenvalue weighted by molar-refractivity contribution is 0.156. The van der Waals surface area contributed by atoms with E-state index in [0.29, 0.717) is 5.56 Å². The van der Waals surface area contributed by atoms with Crippen molar-refractivity contribution in [3.8, 4) is 11.8 Å². The Balaban J connectivity index is 2.11. The highest BCUT2D eigenvalue weighted by Gasteiger charge is 2.22. The third-order valence-electron chi connectivity index (χ3n) is 3.61. The maximum Gasteiger partial charge on any atom is 0.0992 e. The SMILES string of the molecule is N#Cc1ccc(-n2ccc3c2CCCC3O)c(Br)c1. The predicted molar refractivity (Wildman–Crippen MR) is 76.1 cm³/mol. The summed E-state index contributed by atoms with van der Waals surface area (Å²) in [4.78, 5) is 0. The molecular formula is C15H13BrN2O. The molecule has 0 aliphatic heterocycles. The van der Waals surface area contributed by atoms with Crippen molar-refractivity contribution in [2.75, 3.05) is 0 Å². The first kappa shape index (κ1) is 12.5. The van der Waals surface area contributed by atoms with Gasteiger partial charge in [-0.25, -0.2) is 0 Å². The van der Waals surface area contributed by atoms with Crippen molar-refractivity contribution in [3.63, 3.8) is 0 Å². The molecule has 0 saturated heterocycles. The summed E-state index contributed by atoms with van der Waals surface area (Å²) in [5.74, 6) is 0. The number of nitriles is 1. The largest absolute Gasteiger partial charge is 0.388 e. The van der Waals surface area contributed by atoms with Crippen LogP contribution in [0.3, 0.4) is 0 Å². The fourth-order valence-electron chi connectivity index (χ4n) is 2.66. The first-order chi connectivity index (χ1) is 9.20. The van der Waals surface area contributed by atoms with Gasteiger partial charge < -0.3 is 9.67 Å². The molecule has 0 fully saturated rings. The molecule has 3 nitrogen and oxygen atoms in total. The van der Waals surface area contributed by atoms with E-state index >= 15 is 0 Å². The Kier molecular flexibility index (Phi) is 3.17. The standard InChI is InChI=1S/C15H13BrN2O/c16-12-8-10(9-17)4-5-14(12)18-7-6-11-13(18)2-1-3-15(11)19/h4-8,15,19H,1-3H2. The van der Waals surface area contributed by atoms with Gasteiger partial charge in [0.1, 0.15) is 0 Å². The number of hydrogen-bond acceptors (Lipinski definition) is 2. The zero-order valence-corrected chi connectivity index (χ0v) is 11.9. The van der Waals surface area contributed by atoms with Crippen molar-refractivity contribution in [1.29, 1.82) is 5.26 Å². The van der Waals surface area contributed by atoms with Crippen LogP contribution in [0.15, 0.2) is 34.9 Å². The number of hydrogen-bond donors (Lipinski definition) is 1. The average molecular weight is 317 g/mol. The Labute approximate surface area is 120 Å². The Morgan fingerprint density at radius 3 is 2.95 bits per heavy atom. The van der Waals surface area contributed by atoms with Crippen molar-refractivity contribution in [3.05, 3.63) is 51.8 Å². The minimum atomic E-state index is -0.345. The molecule has 1 aliphatic carbocycles. The molecule has 0 bridgehead atoms. The molecule has 0 amide bonds. The van der Waals surface area contributed by atoms with Crippen LogP contribution in [-0.4, -0.2) is 9.67 Å². The molecule has 0 saturated carbocycles. The van der Waals surface area contributed by atoms with Gasteiger partial charge in [0, 0.05) is 21.9 Å². The van der Waals surface area contributed by atoms with Gasteiger partial charge in [-0.15, -0.1) is 0 Å². The van der Waals surface area contributed by atoms with E-state index in [4.69, 9.17) is 5.26 Å². The zero-order chi connectivity index (χ0) is 13.4. The molecule has 1 aromatic heterocycles. The summed E-state index contributed by atoms with van der Waals surface area (Å²) < 4.78 is 2.99. The van der Waals surface area contributed by atoms with E-state index in [0.717, 1.165) is 35.0 Å². The summed E-state index contributed by atoms with van der Waals surface area (Å²) in [6.45, 7) is 0. The number of nitrogens with zero attached hydrogens (tertiary/aromatic N) is 2. The minimum Gasteiger partial charge on any atom is -0.388 e. The van der Waals surface area contributed by atoms with E-state index in [2.05, 4.69) is 26.6 Å². The van der Waals surface area contributed by atoms with Gasteiger partial charge in [0.15, 0.2) is 0 Å². The van der Waals surface area contributed by atoms with E-state index < -0.39 is 0 Å². The topological polar surface area (TPSA) is 49.0 Å². The second-order valence-electron chi connectivity index (χ2n) is 4.77. The van der Waals surface area contributed by atoms with Gasteiger partial charge in [0.05, 0.1) is 23.4 Å². The van der Waals surface area contributed by atoms with Crippen LogP contribution in [0.5, 0.6) is 0 Å². The molecule has 96 valence electrons. The Bertz CT molecular complexity index is 669. The highest BCUT2D eigenvalue weighted by molar-refractivity contribution is 9.10. The lowest BCUT2D eigenvalue weighted by atomic mass is 9.95. The molecular weight excluding hydrogens is 304 g/mol. The van der Waals surface area contributed by atoms with E-state index in [-0.39, 0.29) is 6.10 Å². The highest BCUT2D eigenvalue weighted by atomic mass is 79.9. The van der Waals surface area contributed by atoms with E-state index in [1.54, 1.807) is 0 Å². The third-order valence-corrected chi connectivity index (χ3v) is 4.25. The lowest BCUT2D eigenvalue weighted by Gasteiger charge is -2.20. The Morgan fingerprint density at radius 1 is 1.37 bits per heavy atom. The van der Waals surface area contributed by atoms with Crippen LogP contribution in [0, 0.1) is 11.3 Å². The molecule has 2 aromatic rings. The summed E-state index contributed by atoms with van der Waals surface area (Å²) in [6.07, 6.45) is 4.47. The smallest absolute Gasteiger partial charge is 0.0992 e. The van der Waals surface area contributed by atoms with Gasteiger partial charge in [-0.3, -0.25) is 0 Å². The second-order valence-corrected chi connectivity index (χ2v) is 5.63. The van der Waals surface area contributed by atoms with Crippen molar-refractivity contribution in [1.82, 2.24) is 4.57 Å². The summed E-state index contributed by atoms with van der Waals surface area (Å²) in [7, 11) is 0. The number of fused-ring (bicyclic) bond motifs is 1.